The largest absolute Gasteiger partial charge is 0.219 e. The highest BCUT2D eigenvalue weighted by Crippen LogP contribution is 2.02. The van der Waals surface area contributed by atoms with Gasteiger partial charge in [-0.15, -0.1) is 0 Å². The van der Waals surface area contributed by atoms with Crippen molar-refractivity contribution < 1.29 is 0 Å². The van der Waals surface area contributed by atoms with E-state index in [1.54, 1.807) is 5.41 Å². The van der Waals surface area contributed by atoms with Crippen molar-refractivity contribution in [1.82, 2.24) is 0 Å². The van der Waals surface area contributed by atoms with Gasteiger partial charge in [0.15, 0.2) is 0 Å². The first-order chi connectivity index (χ1) is 5.43. The Morgan fingerprint density at radius 1 is 1.27 bits per heavy atom. The molecule has 0 aromatic heterocycles. The molecule has 0 unspecified atom stereocenters. The van der Waals surface area contributed by atoms with E-state index in [2.05, 4.69) is 11.0 Å². The fraction of sp³-hybridized carbons (Fsp3) is 0. The average molecular weight is 163 g/mol. The molecular formula is C9H9NS. The summed E-state index contributed by atoms with van der Waals surface area (Å²) in [6.45, 7) is 3.54. The summed E-state index contributed by atoms with van der Waals surface area (Å²) < 4.78 is 4.03. The third-order valence-corrected chi connectivity index (χ3v) is 1.51. The van der Waals surface area contributed by atoms with Crippen molar-refractivity contribution in [1.29, 1.82) is 0 Å². The first-order valence-electron chi connectivity index (χ1n) is 3.28. The molecule has 0 radical (unpaired) electrons. The van der Waals surface area contributed by atoms with Crippen LogP contribution in [0.1, 0.15) is 5.56 Å². The maximum Gasteiger partial charge on any atom is 0.0427 e. The van der Waals surface area contributed by atoms with Gasteiger partial charge in [-0.2, -0.15) is 0 Å². The predicted molar refractivity (Wildman–Crippen MR) is 51.8 cm³/mol. The second kappa shape index (κ2) is 4.74. The molecular weight excluding hydrogens is 154 g/mol. The van der Waals surface area contributed by atoms with Crippen LogP contribution in [-0.4, -0.2) is 6.21 Å². The van der Waals surface area contributed by atoms with Gasteiger partial charge in [-0.25, -0.2) is 4.40 Å². The minimum Gasteiger partial charge on any atom is -0.219 e. The SMILES string of the molecule is C=CS/N=C/c1ccccc1. The van der Waals surface area contributed by atoms with E-state index in [1.807, 2.05) is 36.5 Å². The topological polar surface area (TPSA) is 12.4 Å². The van der Waals surface area contributed by atoms with Crippen LogP contribution in [0.4, 0.5) is 0 Å². The Kier molecular flexibility index (Phi) is 3.48. The van der Waals surface area contributed by atoms with E-state index >= 15 is 0 Å². The van der Waals surface area contributed by atoms with E-state index in [1.165, 1.54) is 11.9 Å². The van der Waals surface area contributed by atoms with Gasteiger partial charge < -0.3 is 0 Å². The van der Waals surface area contributed by atoms with Crippen molar-refractivity contribution in [3.05, 3.63) is 47.9 Å². The molecule has 0 saturated heterocycles. The third-order valence-electron chi connectivity index (χ3n) is 1.14. The number of nitrogens with zero attached hydrogens (tertiary/aromatic N) is 1. The Balaban J connectivity index is 2.57. The normalized spacial score (nSPS) is 10.2. The lowest BCUT2D eigenvalue weighted by Crippen LogP contribution is -1.75. The molecule has 1 aromatic carbocycles. The number of hydrogen-bond acceptors (Lipinski definition) is 2. The fourth-order valence-corrected chi connectivity index (χ4v) is 0.942. The lowest BCUT2D eigenvalue weighted by Gasteiger charge is -1.87. The van der Waals surface area contributed by atoms with E-state index in [0.29, 0.717) is 0 Å². The van der Waals surface area contributed by atoms with E-state index in [0.717, 1.165) is 5.56 Å². The zero-order valence-electron chi connectivity index (χ0n) is 6.10. The van der Waals surface area contributed by atoms with Gasteiger partial charge in [-0.1, -0.05) is 36.9 Å². The van der Waals surface area contributed by atoms with Crippen LogP contribution in [0.5, 0.6) is 0 Å². The molecule has 0 aliphatic carbocycles. The van der Waals surface area contributed by atoms with Gasteiger partial charge in [0.1, 0.15) is 0 Å². The second-order valence-electron chi connectivity index (χ2n) is 1.92. The molecule has 2 heteroatoms. The van der Waals surface area contributed by atoms with Crippen molar-refractivity contribution in [3.8, 4) is 0 Å². The van der Waals surface area contributed by atoms with E-state index in [9.17, 15) is 0 Å². The standard InChI is InChI=1S/C9H9NS/c1-2-11-10-8-9-6-4-3-5-7-9/h2-8H,1H2/b10-8+. The lowest BCUT2D eigenvalue weighted by atomic mass is 10.2. The average Bonchev–Trinajstić information content (AvgIpc) is 2.07. The molecule has 1 rings (SSSR count). The molecule has 56 valence electrons. The molecule has 0 spiro atoms. The summed E-state index contributed by atoms with van der Waals surface area (Å²) in [7, 11) is 0. The van der Waals surface area contributed by atoms with Crippen LogP contribution in [0.3, 0.4) is 0 Å². The molecule has 0 aliphatic heterocycles. The van der Waals surface area contributed by atoms with Gasteiger partial charge in [-0.05, 0) is 11.0 Å². The minimum absolute atomic E-state index is 1.11. The van der Waals surface area contributed by atoms with Gasteiger partial charge >= 0.3 is 0 Å². The Bertz CT molecular complexity index is 241. The quantitative estimate of drug-likeness (QED) is 0.493. The minimum atomic E-state index is 1.11. The molecule has 0 bridgehead atoms. The molecule has 0 heterocycles. The summed E-state index contributed by atoms with van der Waals surface area (Å²) in [4.78, 5) is 0. The van der Waals surface area contributed by atoms with Gasteiger partial charge in [0, 0.05) is 18.2 Å². The number of hydrogen-bond donors (Lipinski definition) is 0. The molecule has 1 aromatic rings. The summed E-state index contributed by atoms with van der Waals surface area (Å²) in [6, 6.07) is 9.97. The van der Waals surface area contributed by atoms with E-state index in [4.69, 9.17) is 0 Å². The summed E-state index contributed by atoms with van der Waals surface area (Å²) in [5.74, 6) is 0. The Labute approximate surface area is 71.0 Å². The van der Waals surface area contributed by atoms with E-state index in [-0.39, 0.29) is 0 Å². The Hall–Kier alpha value is -1.02. The lowest BCUT2D eigenvalue weighted by molar-refractivity contribution is 1.67. The molecule has 11 heavy (non-hydrogen) atoms. The van der Waals surface area contributed by atoms with Crippen LogP contribution in [0.2, 0.25) is 0 Å². The molecule has 0 atom stereocenters. The van der Waals surface area contributed by atoms with Crippen LogP contribution in [0.15, 0.2) is 46.7 Å². The van der Waals surface area contributed by atoms with Crippen molar-refractivity contribution in [3.63, 3.8) is 0 Å². The van der Waals surface area contributed by atoms with Crippen molar-refractivity contribution in [2.45, 2.75) is 0 Å². The summed E-state index contributed by atoms with van der Waals surface area (Å²) in [5, 5.41) is 1.69. The molecule has 0 N–H and O–H groups in total. The van der Waals surface area contributed by atoms with Crippen LogP contribution in [0.25, 0.3) is 0 Å². The highest BCUT2D eigenvalue weighted by atomic mass is 32.2. The van der Waals surface area contributed by atoms with Crippen molar-refractivity contribution in [2.75, 3.05) is 0 Å². The molecule has 0 aliphatic rings. The van der Waals surface area contributed by atoms with Crippen molar-refractivity contribution in [2.24, 2.45) is 4.40 Å². The molecule has 0 fully saturated rings. The van der Waals surface area contributed by atoms with E-state index < -0.39 is 0 Å². The zero-order chi connectivity index (χ0) is 7.94. The molecule has 0 saturated carbocycles. The van der Waals surface area contributed by atoms with Gasteiger partial charge in [0.25, 0.3) is 0 Å². The highest BCUT2D eigenvalue weighted by Gasteiger charge is 1.81. The van der Waals surface area contributed by atoms with Gasteiger partial charge in [0.2, 0.25) is 0 Å². The highest BCUT2D eigenvalue weighted by molar-refractivity contribution is 8.00. The third kappa shape index (κ3) is 3.05. The fourth-order valence-electron chi connectivity index (χ4n) is 0.673. The smallest absolute Gasteiger partial charge is 0.0427 e. The molecule has 0 amide bonds. The first-order valence-corrected chi connectivity index (χ1v) is 4.12. The summed E-state index contributed by atoms with van der Waals surface area (Å²) in [5.41, 5.74) is 1.11. The zero-order valence-corrected chi connectivity index (χ0v) is 6.92. The summed E-state index contributed by atoms with van der Waals surface area (Å²) >= 11 is 1.34. The number of rotatable bonds is 3. The Morgan fingerprint density at radius 3 is 2.64 bits per heavy atom. The maximum absolute atomic E-state index is 4.03. The maximum atomic E-state index is 4.03. The first kappa shape index (κ1) is 8.08. The second-order valence-corrected chi connectivity index (χ2v) is 2.67. The van der Waals surface area contributed by atoms with Gasteiger partial charge in [-0.3, -0.25) is 0 Å². The predicted octanol–water partition coefficient (Wildman–Crippen LogP) is 2.90. The van der Waals surface area contributed by atoms with Crippen LogP contribution >= 0.6 is 11.9 Å². The summed E-state index contributed by atoms with van der Waals surface area (Å²) in [6.07, 6.45) is 1.81. The monoisotopic (exact) mass is 163 g/mol. The van der Waals surface area contributed by atoms with Crippen LogP contribution in [0, 0.1) is 0 Å². The number of benzene rings is 1. The Morgan fingerprint density at radius 2 is 2.00 bits per heavy atom. The van der Waals surface area contributed by atoms with Gasteiger partial charge in [0.05, 0.1) is 0 Å². The molecule has 1 nitrogen and oxygen atoms in total. The van der Waals surface area contributed by atoms with Crippen molar-refractivity contribution >= 4 is 18.2 Å². The van der Waals surface area contributed by atoms with Crippen LogP contribution in [-0.2, 0) is 0 Å². The van der Waals surface area contributed by atoms with Crippen LogP contribution < -0.4 is 0 Å².